The summed E-state index contributed by atoms with van der Waals surface area (Å²) in [5.74, 6) is 1.04. The van der Waals surface area contributed by atoms with Gasteiger partial charge in [0, 0.05) is 13.1 Å². The normalized spacial score (nSPS) is 12.2. The fourth-order valence-corrected chi connectivity index (χ4v) is 5.84. The third-order valence-electron chi connectivity index (χ3n) is 5.42. The molecule has 0 radical (unpaired) electrons. The molecule has 1 saturated heterocycles. The molecule has 0 aromatic heterocycles. The van der Waals surface area contributed by atoms with Gasteiger partial charge in [-0.3, -0.25) is 0 Å². The van der Waals surface area contributed by atoms with Crippen molar-refractivity contribution in [3.8, 4) is 11.5 Å². The van der Waals surface area contributed by atoms with Crippen molar-refractivity contribution in [2.75, 3.05) is 20.2 Å². The number of ether oxygens (including phenoxy) is 2. The maximum absolute atomic E-state index is 11.5. The zero-order valence-corrected chi connectivity index (χ0v) is 20.1. The Hall–Kier alpha value is -3.62. The highest BCUT2D eigenvalue weighted by molar-refractivity contribution is 7.79. The van der Waals surface area contributed by atoms with Crippen LogP contribution in [0.1, 0.15) is 6.42 Å². The monoisotopic (exact) mass is 469 g/mol. The largest absolute Gasteiger partial charge is 0.493 e. The minimum absolute atomic E-state index is 0.300. The van der Waals surface area contributed by atoms with E-state index in [-0.39, 0.29) is 6.09 Å². The van der Waals surface area contributed by atoms with Crippen LogP contribution in [0.5, 0.6) is 11.5 Å². The summed E-state index contributed by atoms with van der Waals surface area (Å²) in [5.41, 5.74) is 0. The Bertz CT molecular complexity index is 1070. The molecule has 5 rings (SSSR count). The van der Waals surface area contributed by atoms with Gasteiger partial charge in [0.05, 0.1) is 7.11 Å². The molecule has 0 aliphatic carbocycles. The first-order valence-electron chi connectivity index (χ1n) is 11.3. The van der Waals surface area contributed by atoms with E-state index >= 15 is 0 Å². The summed E-state index contributed by atoms with van der Waals surface area (Å²) in [7, 11) is 1.11. The number of hydrogen-bond acceptors (Lipinski definition) is 3. The highest BCUT2D eigenvalue weighted by atomic mass is 31.1. The predicted octanol–water partition coefficient (Wildman–Crippen LogP) is 5.34. The van der Waals surface area contributed by atoms with Crippen molar-refractivity contribution in [3.05, 3.63) is 115 Å². The van der Waals surface area contributed by atoms with Gasteiger partial charge in [-0.25, -0.2) is 4.79 Å². The van der Waals surface area contributed by atoms with Crippen LogP contribution in [0.4, 0.5) is 4.79 Å². The molecule has 0 spiro atoms. The molecule has 0 unspecified atom stereocenters. The van der Waals surface area contributed by atoms with Gasteiger partial charge >= 0.3 is 6.09 Å². The molecule has 1 aliphatic heterocycles. The number of carbonyl (C=O) groups excluding carboxylic acids is 1. The van der Waals surface area contributed by atoms with Gasteiger partial charge in [-0.2, -0.15) is 0 Å². The number of rotatable bonds is 5. The Morgan fingerprint density at radius 3 is 1.44 bits per heavy atom. The third kappa shape index (κ3) is 6.03. The van der Waals surface area contributed by atoms with E-state index < -0.39 is 7.92 Å². The SMILES string of the molecule is COc1ccccc1OC(=O)N1CCC1.c1ccc(P(c2ccccc2)c2ccccc2)cc1. The molecule has 4 nitrogen and oxygen atoms in total. The predicted molar refractivity (Wildman–Crippen MR) is 140 cm³/mol. The molecule has 4 aromatic carbocycles. The van der Waals surface area contributed by atoms with E-state index in [1.807, 2.05) is 6.07 Å². The van der Waals surface area contributed by atoms with E-state index in [4.69, 9.17) is 9.47 Å². The second-order valence-corrected chi connectivity index (χ2v) is 9.92. The number of hydrogen-bond donors (Lipinski definition) is 0. The van der Waals surface area contributed by atoms with Crippen LogP contribution in [-0.2, 0) is 0 Å². The first-order chi connectivity index (χ1) is 16.8. The van der Waals surface area contributed by atoms with E-state index in [1.165, 1.54) is 15.9 Å². The summed E-state index contributed by atoms with van der Waals surface area (Å²) in [5, 5.41) is 4.19. The van der Waals surface area contributed by atoms with Crippen LogP contribution in [0.3, 0.4) is 0 Å². The van der Waals surface area contributed by atoms with Crippen LogP contribution in [0.15, 0.2) is 115 Å². The molecule has 0 N–H and O–H groups in total. The van der Waals surface area contributed by atoms with Gasteiger partial charge in [0.15, 0.2) is 11.5 Å². The van der Waals surface area contributed by atoms with Crippen molar-refractivity contribution >= 4 is 29.9 Å². The number of para-hydroxylation sites is 2. The number of benzene rings is 4. The fourth-order valence-electron chi connectivity index (χ4n) is 3.54. The zero-order chi connectivity index (χ0) is 23.6. The van der Waals surface area contributed by atoms with Crippen LogP contribution in [-0.4, -0.2) is 31.2 Å². The Morgan fingerprint density at radius 1 is 0.647 bits per heavy atom. The first kappa shape index (κ1) is 23.5. The Labute approximate surface area is 202 Å². The standard InChI is InChI=1S/C18H15P.C11H13NO3/c1-4-10-16(11-5-1)19(17-12-6-2-7-13-17)18-14-8-3-9-15-18;1-14-9-5-2-3-6-10(9)15-11(13)12-7-4-8-12/h1-15H;2-3,5-6H,4,7-8H2,1H3. The molecule has 1 aliphatic rings. The lowest BCUT2D eigenvalue weighted by atomic mass is 10.2. The quantitative estimate of drug-likeness (QED) is 0.370. The van der Waals surface area contributed by atoms with Crippen molar-refractivity contribution in [2.45, 2.75) is 6.42 Å². The highest BCUT2D eigenvalue weighted by Crippen LogP contribution is 2.32. The van der Waals surface area contributed by atoms with Crippen molar-refractivity contribution in [2.24, 2.45) is 0 Å². The van der Waals surface area contributed by atoms with Crippen molar-refractivity contribution in [3.63, 3.8) is 0 Å². The molecule has 1 amide bonds. The lowest BCUT2D eigenvalue weighted by Crippen LogP contribution is -2.43. The van der Waals surface area contributed by atoms with Gasteiger partial charge in [0.2, 0.25) is 0 Å². The first-order valence-corrected chi connectivity index (χ1v) is 12.7. The summed E-state index contributed by atoms with van der Waals surface area (Å²) in [4.78, 5) is 13.2. The topological polar surface area (TPSA) is 38.8 Å². The van der Waals surface area contributed by atoms with Crippen LogP contribution in [0.25, 0.3) is 0 Å². The minimum Gasteiger partial charge on any atom is -0.493 e. The average molecular weight is 470 g/mol. The molecule has 0 atom stereocenters. The Morgan fingerprint density at radius 2 is 1.06 bits per heavy atom. The molecule has 1 heterocycles. The minimum atomic E-state index is -0.446. The summed E-state index contributed by atoms with van der Waals surface area (Å²) >= 11 is 0. The van der Waals surface area contributed by atoms with Gasteiger partial charge in [0.25, 0.3) is 0 Å². The summed E-state index contributed by atoms with van der Waals surface area (Å²) in [6.07, 6.45) is 0.756. The highest BCUT2D eigenvalue weighted by Gasteiger charge is 2.22. The lowest BCUT2D eigenvalue weighted by Gasteiger charge is -2.29. The van der Waals surface area contributed by atoms with Gasteiger partial charge in [-0.15, -0.1) is 0 Å². The molecular weight excluding hydrogens is 441 g/mol. The number of carbonyl (C=O) groups is 1. The number of likely N-dealkylation sites (tertiary alicyclic amines) is 1. The molecule has 5 heteroatoms. The molecule has 1 fully saturated rings. The third-order valence-corrected chi connectivity index (χ3v) is 7.87. The van der Waals surface area contributed by atoms with Crippen LogP contribution >= 0.6 is 7.92 Å². The molecule has 4 aromatic rings. The average Bonchev–Trinajstić information content (AvgIpc) is 2.86. The van der Waals surface area contributed by atoms with Crippen LogP contribution < -0.4 is 25.4 Å². The van der Waals surface area contributed by atoms with Crippen molar-refractivity contribution in [1.82, 2.24) is 4.90 Å². The summed E-state index contributed by atoms with van der Waals surface area (Å²) in [6.45, 7) is 1.57. The van der Waals surface area contributed by atoms with E-state index in [0.29, 0.717) is 11.5 Å². The summed E-state index contributed by atoms with van der Waals surface area (Å²) in [6, 6.07) is 39.4. The second-order valence-electron chi connectivity index (χ2n) is 7.70. The van der Waals surface area contributed by atoms with Gasteiger partial charge in [0.1, 0.15) is 0 Å². The molecule has 172 valence electrons. The smallest absolute Gasteiger partial charge is 0.415 e. The molecule has 0 bridgehead atoms. The molecule has 34 heavy (non-hydrogen) atoms. The lowest BCUT2D eigenvalue weighted by molar-refractivity contribution is 0.123. The van der Waals surface area contributed by atoms with Gasteiger partial charge < -0.3 is 14.4 Å². The van der Waals surface area contributed by atoms with Crippen molar-refractivity contribution in [1.29, 1.82) is 0 Å². The maximum atomic E-state index is 11.5. The van der Waals surface area contributed by atoms with E-state index in [9.17, 15) is 4.79 Å². The molecule has 0 saturated carbocycles. The molecular formula is C29H28NO3P. The van der Waals surface area contributed by atoms with E-state index in [1.54, 1.807) is 30.2 Å². The second kappa shape index (κ2) is 12.0. The number of amides is 1. The fraction of sp³-hybridized carbons (Fsp3) is 0.138. The maximum Gasteiger partial charge on any atom is 0.415 e. The van der Waals surface area contributed by atoms with Crippen LogP contribution in [0, 0.1) is 0 Å². The number of methoxy groups -OCH3 is 1. The van der Waals surface area contributed by atoms with Crippen LogP contribution in [0.2, 0.25) is 0 Å². The van der Waals surface area contributed by atoms with Gasteiger partial charge in [-0.05, 0) is 42.4 Å². The van der Waals surface area contributed by atoms with Gasteiger partial charge in [-0.1, -0.05) is 103 Å². The van der Waals surface area contributed by atoms with Crippen molar-refractivity contribution < 1.29 is 14.3 Å². The number of nitrogens with zero attached hydrogens (tertiary/aromatic N) is 1. The Kier molecular flexibility index (Phi) is 8.32. The van der Waals surface area contributed by atoms with E-state index in [0.717, 1.165) is 19.5 Å². The summed E-state index contributed by atoms with van der Waals surface area (Å²) < 4.78 is 10.3. The zero-order valence-electron chi connectivity index (χ0n) is 19.2. The van der Waals surface area contributed by atoms with E-state index in [2.05, 4.69) is 91.0 Å². The Balaban J connectivity index is 0.000000166.